The molecule has 2 rings (SSSR count). The number of carbonyl (C=O) groups is 2. The van der Waals surface area contributed by atoms with Gasteiger partial charge in [0.15, 0.2) is 0 Å². The van der Waals surface area contributed by atoms with Crippen molar-refractivity contribution in [3.8, 4) is 0 Å². The summed E-state index contributed by atoms with van der Waals surface area (Å²) in [5.74, 6) is -1.02. The summed E-state index contributed by atoms with van der Waals surface area (Å²) in [5.41, 5.74) is 1.27. The largest absolute Gasteiger partial charge is 0.465 e. The van der Waals surface area contributed by atoms with Gasteiger partial charge in [-0.3, -0.25) is 14.9 Å². The molecule has 0 aliphatic rings. The number of para-hydroxylation sites is 1. The summed E-state index contributed by atoms with van der Waals surface area (Å²) in [6.45, 7) is 0.0148. The first kappa shape index (κ1) is 17.1. The van der Waals surface area contributed by atoms with Crippen LogP contribution in [0.15, 0.2) is 48.5 Å². The lowest BCUT2D eigenvalue weighted by atomic mass is 10.1. The van der Waals surface area contributed by atoms with Gasteiger partial charge in [0.05, 0.1) is 24.0 Å². The van der Waals surface area contributed by atoms with Crippen LogP contribution in [0.25, 0.3) is 0 Å². The lowest BCUT2D eigenvalue weighted by Crippen LogP contribution is -2.09. The van der Waals surface area contributed by atoms with E-state index in [1.807, 2.05) is 0 Å². The number of nitro groups is 1. The topological polar surface area (TPSA) is 95.7 Å². The van der Waals surface area contributed by atoms with E-state index in [-0.39, 0.29) is 18.7 Å². The second-order valence-electron chi connectivity index (χ2n) is 4.91. The van der Waals surface area contributed by atoms with Gasteiger partial charge >= 0.3 is 11.9 Å². The molecule has 0 aliphatic heterocycles. The van der Waals surface area contributed by atoms with Crippen LogP contribution in [-0.4, -0.2) is 24.0 Å². The summed E-state index contributed by atoms with van der Waals surface area (Å²) in [5, 5.41) is 10.9. The second kappa shape index (κ2) is 7.87. The molecule has 2 aromatic rings. The van der Waals surface area contributed by atoms with E-state index in [0.29, 0.717) is 16.7 Å². The molecule has 124 valence electrons. The van der Waals surface area contributed by atoms with Gasteiger partial charge in [0.25, 0.3) is 5.69 Å². The minimum Gasteiger partial charge on any atom is -0.465 e. The molecule has 0 amide bonds. The van der Waals surface area contributed by atoms with E-state index >= 15 is 0 Å². The molecule has 0 N–H and O–H groups in total. The molecule has 0 unspecified atom stereocenters. The second-order valence-corrected chi connectivity index (χ2v) is 4.91. The molecule has 2 aromatic carbocycles. The minimum absolute atomic E-state index is 0.0148. The molecule has 0 saturated carbocycles. The third-order valence-corrected chi connectivity index (χ3v) is 3.30. The number of esters is 2. The fourth-order valence-corrected chi connectivity index (χ4v) is 2.06. The third-order valence-electron chi connectivity index (χ3n) is 3.30. The van der Waals surface area contributed by atoms with Gasteiger partial charge in [-0.15, -0.1) is 0 Å². The van der Waals surface area contributed by atoms with Gasteiger partial charge in [0.1, 0.15) is 6.61 Å². The van der Waals surface area contributed by atoms with Crippen molar-refractivity contribution in [2.75, 3.05) is 7.11 Å². The maximum Gasteiger partial charge on any atom is 0.337 e. The molecular weight excluding hydrogens is 314 g/mol. The summed E-state index contributed by atoms with van der Waals surface area (Å²) in [4.78, 5) is 33.6. The van der Waals surface area contributed by atoms with Crippen molar-refractivity contribution in [1.82, 2.24) is 0 Å². The van der Waals surface area contributed by atoms with Crippen LogP contribution >= 0.6 is 0 Å². The van der Waals surface area contributed by atoms with Crippen LogP contribution in [0.5, 0.6) is 0 Å². The lowest BCUT2D eigenvalue weighted by Gasteiger charge is -2.06. The summed E-state index contributed by atoms with van der Waals surface area (Å²) in [6, 6.07) is 12.4. The lowest BCUT2D eigenvalue weighted by molar-refractivity contribution is -0.385. The first-order valence-corrected chi connectivity index (χ1v) is 7.06. The first-order valence-electron chi connectivity index (χ1n) is 7.06. The van der Waals surface area contributed by atoms with E-state index in [1.54, 1.807) is 30.3 Å². The zero-order valence-electron chi connectivity index (χ0n) is 12.9. The normalized spacial score (nSPS) is 10.0. The van der Waals surface area contributed by atoms with E-state index in [4.69, 9.17) is 4.74 Å². The van der Waals surface area contributed by atoms with Gasteiger partial charge in [-0.05, 0) is 17.7 Å². The average Bonchev–Trinajstić information content (AvgIpc) is 2.60. The van der Waals surface area contributed by atoms with Crippen molar-refractivity contribution >= 4 is 17.6 Å². The molecule has 0 saturated heterocycles. The number of rotatable bonds is 6. The molecule has 0 aromatic heterocycles. The summed E-state index contributed by atoms with van der Waals surface area (Å²) in [7, 11) is 1.29. The Kier molecular flexibility index (Phi) is 5.62. The van der Waals surface area contributed by atoms with Crippen LogP contribution in [0.2, 0.25) is 0 Å². The van der Waals surface area contributed by atoms with E-state index in [2.05, 4.69) is 4.74 Å². The molecular formula is C17H15NO6. The Morgan fingerprint density at radius 3 is 2.38 bits per heavy atom. The highest BCUT2D eigenvalue weighted by Gasteiger charge is 2.16. The highest BCUT2D eigenvalue weighted by atomic mass is 16.6. The minimum atomic E-state index is -0.568. The zero-order valence-corrected chi connectivity index (χ0v) is 12.9. The van der Waals surface area contributed by atoms with Gasteiger partial charge in [0, 0.05) is 11.6 Å². The number of nitro benzene ring substituents is 1. The maximum atomic E-state index is 11.9. The van der Waals surface area contributed by atoms with Crippen molar-refractivity contribution in [3.63, 3.8) is 0 Å². The molecule has 7 nitrogen and oxygen atoms in total. The molecule has 0 atom stereocenters. The number of benzene rings is 2. The van der Waals surface area contributed by atoms with Crippen molar-refractivity contribution in [1.29, 1.82) is 0 Å². The van der Waals surface area contributed by atoms with Crippen molar-refractivity contribution in [3.05, 3.63) is 75.3 Å². The predicted molar refractivity (Wildman–Crippen MR) is 84.4 cm³/mol. The standard InChI is InChI=1S/C17H15NO6/c1-23-17(20)13-8-6-12(7-9-13)11-24-16(19)10-14-4-2-3-5-15(14)18(21)22/h2-9H,10-11H2,1H3. The highest BCUT2D eigenvalue weighted by molar-refractivity contribution is 5.89. The number of hydrogen-bond donors (Lipinski definition) is 0. The third kappa shape index (κ3) is 4.39. The van der Waals surface area contributed by atoms with Crippen LogP contribution in [0.3, 0.4) is 0 Å². The van der Waals surface area contributed by atoms with Crippen LogP contribution in [0.1, 0.15) is 21.5 Å². The molecule has 0 radical (unpaired) electrons. The van der Waals surface area contributed by atoms with Crippen molar-refractivity contribution in [2.24, 2.45) is 0 Å². The van der Waals surface area contributed by atoms with Crippen LogP contribution in [0.4, 0.5) is 5.69 Å². The Morgan fingerprint density at radius 1 is 1.08 bits per heavy atom. The number of carbonyl (C=O) groups excluding carboxylic acids is 2. The molecule has 0 spiro atoms. The molecule has 0 heterocycles. The Bertz CT molecular complexity index is 754. The Morgan fingerprint density at radius 2 is 1.75 bits per heavy atom. The first-order chi connectivity index (χ1) is 11.5. The van der Waals surface area contributed by atoms with Gasteiger partial charge < -0.3 is 9.47 Å². The molecule has 0 fully saturated rings. The van der Waals surface area contributed by atoms with Gasteiger partial charge in [-0.25, -0.2) is 4.79 Å². The van der Waals surface area contributed by atoms with Crippen molar-refractivity contribution in [2.45, 2.75) is 13.0 Å². The SMILES string of the molecule is COC(=O)c1ccc(COC(=O)Cc2ccccc2[N+](=O)[O-])cc1. The Hall–Kier alpha value is -3.22. The number of hydrogen-bond acceptors (Lipinski definition) is 6. The van der Waals surface area contributed by atoms with Crippen LogP contribution in [-0.2, 0) is 27.3 Å². The fourth-order valence-electron chi connectivity index (χ4n) is 2.06. The van der Waals surface area contributed by atoms with E-state index in [9.17, 15) is 19.7 Å². The summed E-state index contributed by atoms with van der Waals surface area (Å²) < 4.78 is 9.71. The highest BCUT2D eigenvalue weighted by Crippen LogP contribution is 2.18. The molecule has 0 aliphatic carbocycles. The van der Waals surface area contributed by atoms with Crippen molar-refractivity contribution < 1.29 is 24.0 Å². The van der Waals surface area contributed by atoms with E-state index in [0.717, 1.165) is 0 Å². The molecule has 0 bridgehead atoms. The van der Waals surface area contributed by atoms with E-state index in [1.165, 1.54) is 25.3 Å². The number of methoxy groups -OCH3 is 1. The Balaban J connectivity index is 1.94. The molecule has 24 heavy (non-hydrogen) atoms. The molecule has 7 heteroatoms. The number of ether oxygens (including phenoxy) is 2. The van der Waals surface area contributed by atoms with Gasteiger partial charge in [-0.2, -0.15) is 0 Å². The van der Waals surface area contributed by atoms with Gasteiger partial charge in [0.2, 0.25) is 0 Å². The van der Waals surface area contributed by atoms with E-state index < -0.39 is 16.9 Å². The maximum absolute atomic E-state index is 11.9. The average molecular weight is 329 g/mol. The quantitative estimate of drug-likeness (QED) is 0.459. The monoisotopic (exact) mass is 329 g/mol. The smallest absolute Gasteiger partial charge is 0.337 e. The fraction of sp³-hybridized carbons (Fsp3) is 0.176. The van der Waals surface area contributed by atoms with Crippen LogP contribution in [0, 0.1) is 10.1 Å². The summed E-state index contributed by atoms with van der Waals surface area (Å²) in [6.07, 6.45) is -0.183. The van der Waals surface area contributed by atoms with Crippen LogP contribution < -0.4 is 0 Å². The number of nitrogens with zero attached hydrogens (tertiary/aromatic N) is 1. The predicted octanol–water partition coefficient (Wildman–Crippen LogP) is 2.67. The zero-order chi connectivity index (χ0) is 17.5. The Labute approximate surface area is 138 Å². The summed E-state index contributed by atoms with van der Waals surface area (Å²) >= 11 is 0. The van der Waals surface area contributed by atoms with Gasteiger partial charge in [-0.1, -0.05) is 30.3 Å².